The fraction of sp³-hybridized carbons (Fsp3) is 0.300. The van der Waals surface area contributed by atoms with E-state index in [4.69, 9.17) is 0 Å². The van der Waals surface area contributed by atoms with E-state index >= 15 is 0 Å². The number of hydrogen-bond donors (Lipinski definition) is 0. The van der Waals surface area contributed by atoms with E-state index in [9.17, 15) is 19.2 Å². The minimum Gasteiger partial charge on any atom is -0.462 e. The summed E-state index contributed by atoms with van der Waals surface area (Å²) in [5.74, 6) is -2.09. The number of esters is 1. The molecule has 8 nitrogen and oxygen atoms in total. The molecular formula is C20H17N3O5. The second kappa shape index (κ2) is 5.79. The van der Waals surface area contributed by atoms with Gasteiger partial charge >= 0.3 is 17.9 Å². The molecule has 0 spiro atoms. The highest BCUT2D eigenvalue weighted by atomic mass is 16.5. The van der Waals surface area contributed by atoms with Gasteiger partial charge in [0.2, 0.25) is 0 Å². The molecule has 3 aliphatic heterocycles. The summed E-state index contributed by atoms with van der Waals surface area (Å²) >= 11 is 0. The van der Waals surface area contributed by atoms with Crippen molar-refractivity contribution in [2.45, 2.75) is 24.5 Å². The van der Waals surface area contributed by atoms with E-state index in [1.807, 2.05) is 36.4 Å². The van der Waals surface area contributed by atoms with Gasteiger partial charge in [0, 0.05) is 11.9 Å². The van der Waals surface area contributed by atoms with E-state index in [0.717, 1.165) is 17.9 Å². The first-order chi connectivity index (χ1) is 13.5. The van der Waals surface area contributed by atoms with Gasteiger partial charge in [-0.15, -0.1) is 0 Å². The fourth-order valence-corrected chi connectivity index (χ4v) is 4.72. The van der Waals surface area contributed by atoms with Gasteiger partial charge in [0.1, 0.15) is 6.04 Å². The number of carbonyl (C=O) groups is 4. The Balaban J connectivity index is 1.53. The number of fused-ring (bicyclic) bond motifs is 6. The smallest absolute Gasteiger partial charge is 0.396 e. The average molecular weight is 379 g/mol. The average Bonchev–Trinajstić information content (AvgIpc) is 3.38. The van der Waals surface area contributed by atoms with Crippen LogP contribution in [0.25, 0.3) is 10.8 Å². The van der Waals surface area contributed by atoms with Crippen LogP contribution >= 0.6 is 0 Å². The van der Waals surface area contributed by atoms with Crippen LogP contribution in [0.15, 0.2) is 42.5 Å². The van der Waals surface area contributed by atoms with Crippen LogP contribution in [0, 0.1) is 0 Å². The van der Waals surface area contributed by atoms with Crippen LogP contribution < -0.4 is 4.90 Å². The topological polar surface area (TPSA) is 87.2 Å². The molecule has 1 unspecified atom stereocenters. The third-order valence-corrected chi connectivity index (χ3v) is 5.89. The van der Waals surface area contributed by atoms with Crippen LogP contribution in [-0.4, -0.2) is 65.4 Å². The Morgan fingerprint density at radius 2 is 1.82 bits per heavy atom. The number of likely N-dealkylation sites (tertiary alicyclic amines) is 1. The van der Waals surface area contributed by atoms with Gasteiger partial charge in [-0.25, -0.2) is 14.5 Å². The summed E-state index contributed by atoms with van der Waals surface area (Å²) in [4.78, 5) is 54.5. The Morgan fingerprint density at radius 1 is 1.07 bits per heavy atom. The van der Waals surface area contributed by atoms with Crippen LogP contribution in [0.5, 0.6) is 0 Å². The lowest BCUT2D eigenvalue weighted by Crippen LogP contribution is -2.56. The van der Waals surface area contributed by atoms with Gasteiger partial charge in [-0.05, 0) is 17.9 Å². The lowest BCUT2D eigenvalue weighted by Gasteiger charge is -2.34. The standard InChI is InChI=1S/C20H17N3O5/c1-28-19(26)18(25)21-10-12-9-15(21)16-17(24)23(20(27)22(12)16)14-8-4-6-11-5-2-3-7-13(11)14/h2-8,12,15-16H,9-10H2,1H3/t12-,15?,16-/m1/s1. The highest BCUT2D eigenvalue weighted by molar-refractivity contribution is 6.33. The maximum absolute atomic E-state index is 13.2. The van der Waals surface area contributed by atoms with Crippen molar-refractivity contribution < 1.29 is 23.9 Å². The number of anilines is 1. The number of imide groups is 1. The van der Waals surface area contributed by atoms with Crippen molar-refractivity contribution in [2.24, 2.45) is 0 Å². The lowest BCUT2D eigenvalue weighted by molar-refractivity contribution is -0.160. The maximum atomic E-state index is 13.2. The molecule has 3 saturated heterocycles. The number of piperazine rings is 1. The Labute approximate surface area is 160 Å². The van der Waals surface area contributed by atoms with Crippen LogP contribution in [0.4, 0.5) is 10.5 Å². The van der Waals surface area contributed by atoms with Gasteiger partial charge in [0.05, 0.1) is 24.9 Å². The molecule has 3 fully saturated rings. The minimum absolute atomic E-state index is 0.234. The molecule has 0 radical (unpaired) electrons. The fourth-order valence-electron chi connectivity index (χ4n) is 4.72. The van der Waals surface area contributed by atoms with E-state index in [1.165, 1.54) is 9.80 Å². The summed E-state index contributed by atoms with van der Waals surface area (Å²) in [6, 6.07) is 11.1. The number of urea groups is 1. The molecule has 142 valence electrons. The molecule has 3 atom stereocenters. The zero-order valence-electron chi connectivity index (χ0n) is 15.1. The highest BCUT2D eigenvalue weighted by Gasteiger charge is 2.63. The normalized spacial score (nSPS) is 25.6. The summed E-state index contributed by atoms with van der Waals surface area (Å²) < 4.78 is 4.52. The number of carbonyl (C=O) groups excluding carboxylic acids is 4. The molecular weight excluding hydrogens is 362 g/mol. The van der Waals surface area contributed by atoms with Gasteiger partial charge in [-0.1, -0.05) is 36.4 Å². The van der Waals surface area contributed by atoms with Crippen molar-refractivity contribution in [1.82, 2.24) is 9.80 Å². The van der Waals surface area contributed by atoms with Crippen LogP contribution in [0.2, 0.25) is 0 Å². The predicted octanol–water partition coefficient (Wildman–Crippen LogP) is 1.13. The van der Waals surface area contributed by atoms with Crippen LogP contribution in [0.3, 0.4) is 0 Å². The number of amides is 4. The summed E-state index contributed by atoms with van der Waals surface area (Å²) in [6.45, 7) is 0.234. The number of methoxy groups -OCH3 is 1. The zero-order chi connectivity index (χ0) is 19.6. The second-order valence-corrected chi connectivity index (χ2v) is 7.21. The summed E-state index contributed by atoms with van der Waals surface area (Å²) in [5.41, 5.74) is 0.535. The molecule has 5 rings (SSSR count). The molecule has 8 heteroatoms. The van der Waals surface area contributed by atoms with E-state index in [1.54, 1.807) is 11.0 Å². The molecule has 3 heterocycles. The monoisotopic (exact) mass is 379 g/mol. The first-order valence-corrected chi connectivity index (χ1v) is 9.06. The molecule has 0 N–H and O–H groups in total. The molecule has 4 amide bonds. The molecule has 0 aliphatic carbocycles. The second-order valence-electron chi connectivity index (χ2n) is 7.21. The summed E-state index contributed by atoms with van der Waals surface area (Å²) in [5, 5.41) is 1.74. The third kappa shape index (κ3) is 2.05. The van der Waals surface area contributed by atoms with Crippen molar-refractivity contribution in [3.05, 3.63) is 42.5 Å². The zero-order valence-corrected chi connectivity index (χ0v) is 15.1. The molecule has 2 aromatic carbocycles. The first kappa shape index (κ1) is 16.7. The number of ether oxygens (including phenoxy) is 1. The summed E-state index contributed by atoms with van der Waals surface area (Å²) in [7, 11) is 1.15. The van der Waals surface area contributed by atoms with Gasteiger partial charge < -0.3 is 14.5 Å². The Kier molecular flexibility index (Phi) is 3.46. The Morgan fingerprint density at radius 3 is 2.61 bits per heavy atom. The Bertz CT molecular complexity index is 1050. The maximum Gasteiger partial charge on any atom is 0.396 e. The van der Waals surface area contributed by atoms with E-state index < -0.39 is 24.0 Å². The van der Waals surface area contributed by atoms with Crippen LogP contribution in [0.1, 0.15) is 6.42 Å². The van der Waals surface area contributed by atoms with Gasteiger partial charge in [0.15, 0.2) is 0 Å². The number of rotatable bonds is 1. The third-order valence-electron chi connectivity index (χ3n) is 5.89. The number of benzene rings is 2. The molecule has 2 bridgehead atoms. The number of hydrogen-bond acceptors (Lipinski definition) is 5. The molecule has 28 heavy (non-hydrogen) atoms. The van der Waals surface area contributed by atoms with Crippen LogP contribution in [-0.2, 0) is 19.1 Å². The largest absolute Gasteiger partial charge is 0.462 e. The van der Waals surface area contributed by atoms with Crippen molar-refractivity contribution in [3.8, 4) is 0 Å². The predicted molar refractivity (Wildman–Crippen MR) is 98.4 cm³/mol. The molecule has 0 saturated carbocycles. The van der Waals surface area contributed by atoms with Crippen molar-refractivity contribution >= 4 is 40.3 Å². The first-order valence-electron chi connectivity index (χ1n) is 9.06. The van der Waals surface area contributed by atoms with E-state index in [0.29, 0.717) is 12.1 Å². The van der Waals surface area contributed by atoms with Gasteiger partial charge in [-0.2, -0.15) is 0 Å². The molecule has 2 aromatic rings. The Hall–Kier alpha value is -3.42. The minimum atomic E-state index is -0.957. The van der Waals surface area contributed by atoms with Crippen molar-refractivity contribution in [1.29, 1.82) is 0 Å². The van der Waals surface area contributed by atoms with Gasteiger partial charge in [-0.3, -0.25) is 9.59 Å². The summed E-state index contributed by atoms with van der Waals surface area (Å²) in [6.07, 6.45) is 0.494. The quantitative estimate of drug-likeness (QED) is 0.421. The van der Waals surface area contributed by atoms with Crippen molar-refractivity contribution in [2.75, 3.05) is 18.6 Å². The van der Waals surface area contributed by atoms with E-state index in [-0.39, 0.29) is 24.5 Å². The van der Waals surface area contributed by atoms with E-state index in [2.05, 4.69) is 4.74 Å². The SMILES string of the molecule is COC(=O)C(=O)N1C[C@H]2CC1[C@@H]1C(=O)N(c3cccc4ccccc34)C(=O)N21. The molecule has 0 aromatic heterocycles. The van der Waals surface area contributed by atoms with Gasteiger partial charge in [0.25, 0.3) is 5.91 Å². The molecule has 3 aliphatic rings. The number of nitrogens with zero attached hydrogens (tertiary/aromatic N) is 3. The van der Waals surface area contributed by atoms with Crippen molar-refractivity contribution in [3.63, 3.8) is 0 Å². The highest BCUT2D eigenvalue weighted by Crippen LogP contribution is 2.43. The lowest BCUT2D eigenvalue weighted by atomic mass is 10.1.